The molecule has 8 nitrogen and oxygen atoms in total. The molecule has 3 aromatic rings. The van der Waals surface area contributed by atoms with Crippen LogP contribution in [0.3, 0.4) is 0 Å². The van der Waals surface area contributed by atoms with E-state index in [-0.39, 0.29) is 22.8 Å². The van der Waals surface area contributed by atoms with Gasteiger partial charge in [0.2, 0.25) is 0 Å². The van der Waals surface area contributed by atoms with Gasteiger partial charge in [0, 0.05) is 19.2 Å². The zero-order valence-electron chi connectivity index (χ0n) is 16.0. The molecule has 3 rings (SSSR count). The Morgan fingerprint density at radius 2 is 1.70 bits per heavy atom. The second-order valence-electron chi connectivity index (χ2n) is 6.34. The first-order chi connectivity index (χ1) is 14.3. The number of rotatable bonds is 7. The molecular weight excluding hydrogens is 408 g/mol. The third-order valence-corrected chi connectivity index (χ3v) is 6.12. The van der Waals surface area contributed by atoms with Crippen LogP contribution < -0.4 is 4.31 Å². The second-order valence-corrected chi connectivity index (χ2v) is 8.31. The lowest BCUT2D eigenvalue weighted by atomic mass is 10.2. The number of benzene rings is 3. The molecule has 0 unspecified atom stereocenters. The number of non-ortho nitro benzene ring substituents is 1. The number of esters is 1. The lowest BCUT2D eigenvalue weighted by Crippen LogP contribution is -2.26. The molecule has 0 saturated heterocycles. The van der Waals surface area contributed by atoms with E-state index in [4.69, 9.17) is 4.74 Å². The van der Waals surface area contributed by atoms with Crippen LogP contribution in [0.1, 0.15) is 15.9 Å². The number of carbonyl (C=O) groups excluding carboxylic acids is 1. The molecule has 0 spiro atoms. The van der Waals surface area contributed by atoms with Crippen molar-refractivity contribution in [2.75, 3.05) is 11.4 Å². The maximum absolute atomic E-state index is 12.9. The highest BCUT2D eigenvalue weighted by Gasteiger charge is 2.22. The molecule has 0 aliphatic heterocycles. The van der Waals surface area contributed by atoms with Crippen molar-refractivity contribution < 1.29 is 22.9 Å². The summed E-state index contributed by atoms with van der Waals surface area (Å²) < 4.78 is 32.1. The van der Waals surface area contributed by atoms with E-state index in [1.165, 1.54) is 49.5 Å². The van der Waals surface area contributed by atoms with Crippen LogP contribution in [-0.4, -0.2) is 26.4 Å². The minimum Gasteiger partial charge on any atom is -0.457 e. The van der Waals surface area contributed by atoms with Crippen LogP contribution >= 0.6 is 0 Å². The van der Waals surface area contributed by atoms with Crippen LogP contribution in [0.4, 0.5) is 11.4 Å². The summed E-state index contributed by atoms with van der Waals surface area (Å²) in [6.07, 6.45) is 0. The molecule has 154 valence electrons. The summed E-state index contributed by atoms with van der Waals surface area (Å²) in [7, 11) is -2.45. The summed E-state index contributed by atoms with van der Waals surface area (Å²) in [4.78, 5) is 22.6. The van der Waals surface area contributed by atoms with Gasteiger partial charge in [0.25, 0.3) is 15.7 Å². The standard InChI is InChI=1S/C21H18N2O6S/c1-22(18-9-3-2-4-10-18)30(27,28)20-12-6-8-17(14-20)21(24)29-15-16-7-5-11-19(13-16)23(25)26/h2-14H,15H2,1H3. The number of hydrogen-bond donors (Lipinski definition) is 0. The van der Waals surface area contributed by atoms with Gasteiger partial charge in [-0.3, -0.25) is 14.4 Å². The van der Waals surface area contributed by atoms with E-state index in [0.29, 0.717) is 11.3 Å². The van der Waals surface area contributed by atoms with Crippen LogP contribution in [0, 0.1) is 10.1 Å². The Balaban J connectivity index is 1.77. The van der Waals surface area contributed by atoms with Gasteiger partial charge in [-0.25, -0.2) is 13.2 Å². The van der Waals surface area contributed by atoms with Gasteiger partial charge < -0.3 is 4.74 Å². The lowest BCUT2D eigenvalue weighted by molar-refractivity contribution is -0.384. The summed E-state index contributed by atoms with van der Waals surface area (Å²) in [6, 6.07) is 19.8. The largest absolute Gasteiger partial charge is 0.457 e. The van der Waals surface area contributed by atoms with Crippen molar-refractivity contribution in [3.05, 3.63) is 100 Å². The Hall–Kier alpha value is -3.72. The molecule has 0 aliphatic carbocycles. The second kappa shape index (κ2) is 8.75. The minimum absolute atomic E-state index is 0.0568. The Morgan fingerprint density at radius 3 is 2.40 bits per heavy atom. The third kappa shape index (κ3) is 4.64. The lowest BCUT2D eigenvalue weighted by Gasteiger charge is -2.19. The Kier molecular flexibility index (Phi) is 6.12. The van der Waals surface area contributed by atoms with E-state index >= 15 is 0 Å². The number of nitro groups is 1. The van der Waals surface area contributed by atoms with Crippen LogP contribution in [0.25, 0.3) is 0 Å². The number of nitro benzene ring substituents is 1. The van der Waals surface area contributed by atoms with E-state index in [1.807, 2.05) is 0 Å². The molecule has 0 amide bonds. The van der Waals surface area contributed by atoms with Gasteiger partial charge >= 0.3 is 5.97 Å². The van der Waals surface area contributed by atoms with Gasteiger partial charge in [-0.15, -0.1) is 0 Å². The van der Waals surface area contributed by atoms with E-state index in [9.17, 15) is 23.3 Å². The Morgan fingerprint density at radius 1 is 1.00 bits per heavy atom. The fourth-order valence-electron chi connectivity index (χ4n) is 2.71. The van der Waals surface area contributed by atoms with Gasteiger partial charge in [0.15, 0.2) is 0 Å². The molecule has 0 heterocycles. The predicted molar refractivity (Wildman–Crippen MR) is 111 cm³/mol. The molecule has 0 radical (unpaired) electrons. The molecule has 30 heavy (non-hydrogen) atoms. The maximum atomic E-state index is 12.9. The van der Waals surface area contributed by atoms with Crippen molar-refractivity contribution >= 4 is 27.4 Å². The fourth-order valence-corrected chi connectivity index (χ4v) is 3.95. The first-order valence-electron chi connectivity index (χ1n) is 8.83. The quantitative estimate of drug-likeness (QED) is 0.323. The summed E-state index contributed by atoms with van der Waals surface area (Å²) >= 11 is 0. The molecule has 0 bridgehead atoms. The highest BCUT2D eigenvalue weighted by molar-refractivity contribution is 7.92. The van der Waals surface area contributed by atoms with E-state index < -0.39 is 20.9 Å². The third-order valence-electron chi connectivity index (χ3n) is 4.34. The smallest absolute Gasteiger partial charge is 0.338 e. The van der Waals surface area contributed by atoms with Crippen molar-refractivity contribution in [2.24, 2.45) is 0 Å². The fraction of sp³-hybridized carbons (Fsp3) is 0.0952. The number of carbonyl (C=O) groups is 1. The maximum Gasteiger partial charge on any atom is 0.338 e. The summed E-state index contributed by atoms with van der Waals surface area (Å²) in [5.74, 6) is -0.735. The summed E-state index contributed by atoms with van der Waals surface area (Å²) in [5, 5.41) is 10.8. The average Bonchev–Trinajstić information content (AvgIpc) is 2.77. The molecule has 9 heteroatoms. The number of ether oxygens (including phenoxy) is 1. The molecule has 0 aliphatic rings. The summed E-state index contributed by atoms with van der Waals surface area (Å²) in [6.45, 7) is -0.179. The zero-order valence-corrected chi connectivity index (χ0v) is 16.8. The Labute approximate surface area is 173 Å². The highest BCUT2D eigenvalue weighted by atomic mass is 32.2. The molecule has 0 fully saturated rings. The SMILES string of the molecule is CN(c1ccccc1)S(=O)(=O)c1cccc(C(=O)OCc2cccc([N+](=O)[O-])c2)c1. The van der Waals surface area contributed by atoms with Crippen molar-refractivity contribution in [2.45, 2.75) is 11.5 Å². The van der Waals surface area contributed by atoms with Crippen molar-refractivity contribution in [3.8, 4) is 0 Å². The monoisotopic (exact) mass is 426 g/mol. The molecular formula is C21H18N2O6S. The number of hydrogen-bond acceptors (Lipinski definition) is 6. The highest BCUT2D eigenvalue weighted by Crippen LogP contribution is 2.23. The molecule has 3 aromatic carbocycles. The minimum atomic E-state index is -3.88. The average molecular weight is 426 g/mol. The number of nitrogens with zero attached hydrogens (tertiary/aromatic N) is 2. The topological polar surface area (TPSA) is 107 Å². The van der Waals surface area contributed by atoms with Crippen LogP contribution in [-0.2, 0) is 21.4 Å². The van der Waals surface area contributed by atoms with Crippen LogP contribution in [0.5, 0.6) is 0 Å². The molecule has 0 N–H and O–H groups in total. The van der Waals surface area contributed by atoms with E-state index in [0.717, 1.165) is 4.31 Å². The van der Waals surface area contributed by atoms with E-state index in [1.54, 1.807) is 36.4 Å². The first kappa shape index (κ1) is 21.0. The molecule has 0 atom stereocenters. The van der Waals surface area contributed by atoms with Gasteiger partial charge in [-0.05, 0) is 35.9 Å². The normalized spacial score (nSPS) is 11.0. The van der Waals surface area contributed by atoms with Crippen LogP contribution in [0.2, 0.25) is 0 Å². The molecule has 0 saturated carbocycles. The molecule has 0 aromatic heterocycles. The van der Waals surface area contributed by atoms with Gasteiger partial charge in [0.05, 0.1) is 21.1 Å². The van der Waals surface area contributed by atoms with Crippen molar-refractivity contribution in [1.82, 2.24) is 0 Å². The van der Waals surface area contributed by atoms with Gasteiger partial charge in [-0.1, -0.05) is 36.4 Å². The Bertz CT molecular complexity index is 1180. The first-order valence-corrected chi connectivity index (χ1v) is 10.3. The summed E-state index contributed by atoms with van der Waals surface area (Å²) in [5.41, 5.74) is 0.879. The van der Waals surface area contributed by atoms with Crippen LogP contribution in [0.15, 0.2) is 83.8 Å². The van der Waals surface area contributed by atoms with E-state index in [2.05, 4.69) is 0 Å². The van der Waals surface area contributed by atoms with Gasteiger partial charge in [-0.2, -0.15) is 0 Å². The number of para-hydroxylation sites is 1. The predicted octanol–water partition coefficient (Wildman–Crippen LogP) is 3.78. The van der Waals surface area contributed by atoms with Gasteiger partial charge in [0.1, 0.15) is 6.61 Å². The van der Waals surface area contributed by atoms with Crippen molar-refractivity contribution in [1.29, 1.82) is 0 Å². The zero-order chi connectivity index (χ0) is 21.7. The van der Waals surface area contributed by atoms with Crippen molar-refractivity contribution in [3.63, 3.8) is 0 Å². The number of sulfonamides is 1. The number of anilines is 1.